The van der Waals surface area contributed by atoms with E-state index >= 15 is 0 Å². The van der Waals surface area contributed by atoms with Crippen LogP contribution in [0.3, 0.4) is 0 Å². The number of rotatable bonds is 5. The highest BCUT2D eigenvalue weighted by Gasteiger charge is 2.27. The molecule has 1 aromatic heterocycles. The van der Waals surface area contributed by atoms with Crippen molar-refractivity contribution < 1.29 is 14.7 Å². The van der Waals surface area contributed by atoms with Gasteiger partial charge in [-0.2, -0.15) is 0 Å². The van der Waals surface area contributed by atoms with E-state index in [9.17, 15) is 14.7 Å². The van der Waals surface area contributed by atoms with Crippen LogP contribution in [0.5, 0.6) is 5.75 Å². The Morgan fingerprint density at radius 1 is 1.19 bits per heavy atom. The van der Waals surface area contributed by atoms with Crippen LogP contribution in [-0.2, 0) is 17.8 Å². The van der Waals surface area contributed by atoms with Crippen LogP contribution in [0.25, 0.3) is 10.9 Å². The molecule has 0 aliphatic carbocycles. The zero-order valence-corrected chi connectivity index (χ0v) is 14.8. The second-order valence-electron chi connectivity index (χ2n) is 6.84. The van der Waals surface area contributed by atoms with Gasteiger partial charge in [-0.15, -0.1) is 0 Å². The molecule has 138 valence electrons. The van der Waals surface area contributed by atoms with Crippen LogP contribution in [0.4, 0.5) is 0 Å². The molecule has 0 spiro atoms. The number of hydrogen-bond donors (Lipinski definition) is 3. The minimum absolute atomic E-state index is 0.0843. The molecule has 1 aliphatic rings. The Bertz CT molecular complexity index is 992. The first-order chi connectivity index (χ1) is 13.1. The minimum atomic E-state index is -0.227. The lowest BCUT2D eigenvalue weighted by atomic mass is 10.1. The maximum atomic E-state index is 12.4. The molecule has 3 N–H and O–H groups in total. The summed E-state index contributed by atoms with van der Waals surface area (Å²) in [7, 11) is 0. The van der Waals surface area contributed by atoms with Crippen LogP contribution in [0.1, 0.15) is 22.5 Å². The fourth-order valence-corrected chi connectivity index (χ4v) is 3.54. The molecule has 6 nitrogen and oxygen atoms in total. The first kappa shape index (κ1) is 17.1. The Labute approximate surface area is 156 Å². The molecule has 6 heteroatoms. The van der Waals surface area contributed by atoms with Crippen molar-refractivity contribution in [2.45, 2.75) is 25.4 Å². The average Bonchev–Trinajstić information content (AvgIpc) is 3.03. The number of nitrogens with one attached hydrogen (secondary N) is 2. The molecule has 0 unspecified atom stereocenters. The maximum Gasteiger partial charge on any atom is 0.268 e. The van der Waals surface area contributed by atoms with Gasteiger partial charge >= 0.3 is 0 Å². The first-order valence-corrected chi connectivity index (χ1v) is 9.04. The number of amides is 2. The summed E-state index contributed by atoms with van der Waals surface area (Å²) >= 11 is 0. The van der Waals surface area contributed by atoms with Crippen LogP contribution < -0.4 is 10.6 Å². The van der Waals surface area contributed by atoms with Gasteiger partial charge in [0.25, 0.3) is 5.91 Å². The van der Waals surface area contributed by atoms with Gasteiger partial charge in [-0.1, -0.05) is 30.3 Å². The van der Waals surface area contributed by atoms with E-state index in [2.05, 4.69) is 10.6 Å². The van der Waals surface area contributed by atoms with E-state index in [1.54, 1.807) is 12.1 Å². The summed E-state index contributed by atoms with van der Waals surface area (Å²) in [5.41, 5.74) is 2.70. The van der Waals surface area contributed by atoms with Gasteiger partial charge in [0.2, 0.25) is 5.91 Å². The molecule has 0 bridgehead atoms. The van der Waals surface area contributed by atoms with E-state index in [0.717, 1.165) is 16.5 Å². The van der Waals surface area contributed by atoms with Crippen LogP contribution in [-0.4, -0.2) is 34.1 Å². The summed E-state index contributed by atoms with van der Waals surface area (Å²) < 4.78 is 1.99. The Hall–Kier alpha value is -3.28. The molecule has 2 heterocycles. The average molecular weight is 363 g/mol. The van der Waals surface area contributed by atoms with Crippen molar-refractivity contribution in [3.63, 3.8) is 0 Å². The lowest BCUT2D eigenvalue weighted by Gasteiger charge is -2.26. The summed E-state index contributed by atoms with van der Waals surface area (Å²) in [5.74, 6) is 0.00561. The van der Waals surface area contributed by atoms with Gasteiger partial charge in [0.05, 0.1) is 6.04 Å². The van der Waals surface area contributed by atoms with Crippen molar-refractivity contribution in [3.8, 4) is 5.75 Å². The van der Waals surface area contributed by atoms with Gasteiger partial charge in [-0.3, -0.25) is 9.59 Å². The number of aromatic nitrogens is 1. The molecule has 0 fully saturated rings. The number of para-hydroxylation sites is 1. The summed E-state index contributed by atoms with van der Waals surface area (Å²) in [6.07, 6.45) is 0.933. The van der Waals surface area contributed by atoms with Gasteiger partial charge in [-0.05, 0) is 36.2 Å². The molecule has 3 aromatic rings. The van der Waals surface area contributed by atoms with Crippen LogP contribution in [0.15, 0.2) is 54.6 Å². The Balaban J connectivity index is 1.35. The third-order valence-corrected chi connectivity index (χ3v) is 4.89. The third-order valence-electron chi connectivity index (χ3n) is 4.89. The predicted octanol–water partition coefficient (Wildman–Crippen LogP) is 2.21. The van der Waals surface area contributed by atoms with Gasteiger partial charge in [-0.25, -0.2) is 0 Å². The lowest BCUT2D eigenvalue weighted by molar-refractivity contribution is -0.121. The minimum Gasteiger partial charge on any atom is -0.508 e. The summed E-state index contributed by atoms with van der Waals surface area (Å²) in [5, 5.41) is 16.1. The Morgan fingerprint density at radius 2 is 1.96 bits per heavy atom. The number of benzene rings is 2. The maximum absolute atomic E-state index is 12.4. The number of nitrogens with zero attached hydrogens (tertiary/aromatic N) is 1. The lowest BCUT2D eigenvalue weighted by Crippen LogP contribution is -2.46. The van der Waals surface area contributed by atoms with Crippen molar-refractivity contribution >= 4 is 22.7 Å². The smallest absolute Gasteiger partial charge is 0.268 e. The largest absolute Gasteiger partial charge is 0.508 e. The van der Waals surface area contributed by atoms with Gasteiger partial charge in [0, 0.05) is 30.4 Å². The van der Waals surface area contributed by atoms with E-state index < -0.39 is 0 Å². The Kier molecular flexibility index (Phi) is 4.54. The second kappa shape index (κ2) is 7.15. The molecule has 0 radical (unpaired) electrons. The van der Waals surface area contributed by atoms with Crippen molar-refractivity contribution in [2.24, 2.45) is 0 Å². The third kappa shape index (κ3) is 3.65. The summed E-state index contributed by atoms with van der Waals surface area (Å²) in [6, 6.07) is 16.5. The monoisotopic (exact) mass is 363 g/mol. The zero-order valence-electron chi connectivity index (χ0n) is 14.8. The van der Waals surface area contributed by atoms with E-state index in [-0.39, 0.29) is 30.0 Å². The van der Waals surface area contributed by atoms with Crippen molar-refractivity contribution in [1.82, 2.24) is 15.2 Å². The van der Waals surface area contributed by atoms with Crippen LogP contribution >= 0.6 is 0 Å². The van der Waals surface area contributed by atoms with Gasteiger partial charge in [0.15, 0.2) is 0 Å². The molecule has 0 saturated carbocycles. The molecule has 4 rings (SSSR count). The number of aromatic hydroxyl groups is 1. The number of hydrogen-bond acceptors (Lipinski definition) is 3. The molecule has 1 aliphatic heterocycles. The number of carbonyl (C=O) groups excluding carboxylic acids is 2. The second-order valence-corrected chi connectivity index (χ2v) is 6.84. The molecule has 27 heavy (non-hydrogen) atoms. The Morgan fingerprint density at radius 3 is 2.78 bits per heavy atom. The quantitative estimate of drug-likeness (QED) is 0.650. The SMILES string of the molecule is O=C(C[C@H]1Cn2c(cc3ccccc32)C(=O)N1)NCCc1ccc(O)cc1. The fraction of sp³-hybridized carbons (Fsp3) is 0.238. The zero-order chi connectivity index (χ0) is 18.8. The van der Waals surface area contributed by atoms with E-state index in [0.29, 0.717) is 25.2 Å². The molecule has 2 amide bonds. The van der Waals surface area contributed by atoms with Crippen molar-refractivity contribution in [2.75, 3.05) is 6.54 Å². The topological polar surface area (TPSA) is 83.4 Å². The number of carbonyl (C=O) groups is 2. The van der Waals surface area contributed by atoms with E-state index in [4.69, 9.17) is 0 Å². The molecule has 1 atom stereocenters. The number of fused-ring (bicyclic) bond motifs is 3. The van der Waals surface area contributed by atoms with Gasteiger partial charge < -0.3 is 20.3 Å². The summed E-state index contributed by atoms with van der Waals surface area (Å²) in [6.45, 7) is 1.10. The molecular weight excluding hydrogens is 342 g/mol. The van der Waals surface area contributed by atoms with Crippen LogP contribution in [0, 0.1) is 0 Å². The van der Waals surface area contributed by atoms with E-state index in [1.165, 1.54) is 0 Å². The van der Waals surface area contributed by atoms with Gasteiger partial charge in [0.1, 0.15) is 11.4 Å². The highest BCUT2D eigenvalue weighted by atomic mass is 16.3. The fourth-order valence-electron chi connectivity index (χ4n) is 3.54. The van der Waals surface area contributed by atoms with E-state index in [1.807, 2.05) is 47.0 Å². The first-order valence-electron chi connectivity index (χ1n) is 9.04. The predicted molar refractivity (Wildman–Crippen MR) is 103 cm³/mol. The molecule has 2 aromatic carbocycles. The molecule has 0 saturated heterocycles. The van der Waals surface area contributed by atoms with Crippen molar-refractivity contribution in [3.05, 3.63) is 65.9 Å². The highest BCUT2D eigenvalue weighted by Crippen LogP contribution is 2.23. The molecular formula is C21H21N3O3. The summed E-state index contributed by atoms with van der Waals surface area (Å²) in [4.78, 5) is 24.7. The standard InChI is InChI=1S/C21H21N3O3/c25-17-7-5-14(6-8-17)9-10-22-20(26)12-16-13-24-18-4-2-1-3-15(18)11-19(24)21(27)23-16/h1-8,11,16,25H,9-10,12-13H2,(H,22,26)(H,23,27)/t16-/m0/s1. The highest BCUT2D eigenvalue weighted by molar-refractivity contribution is 6.00. The van der Waals surface area contributed by atoms with Crippen LogP contribution in [0.2, 0.25) is 0 Å². The normalized spacial score (nSPS) is 16.0. The number of phenols is 1. The van der Waals surface area contributed by atoms with Crippen molar-refractivity contribution in [1.29, 1.82) is 0 Å². The number of phenolic OH excluding ortho intramolecular Hbond substituents is 1.